The molecule has 2 heterocycles. The fraction of sp³-hybridized carbons (Fsp3) is 0.625. The molecule has 1 saturated heterocycles. The van der Waals surface area contributed by atoms with E-state index in [1.807, 2.05) is 13.0 Å². The monoisotopic (exact) mass is 152 g/mol. The van der Waals surface area contributed by atoms with Gasteiger partial charge in [0.15, 0.2) is 5.76 Å². The number of rotatable bonds is 1. The summed E-state index contributed by atoms with van der Waals surface area (Å²) in [6, 6.07) is 1.99. The van der Waals surface area contributed by atoms with Gasteiger partial charge in [-0.25, -0.2) is 0 Å². The van der Waals surface area contributed by atoms with Gasteiger partial charge in [-0.05, 0) is 26.8 Å². The zero-order valence-electron chi connectivity index (χ0n) is 6.85. The molecule has 0 saturated carbocycles. The van der Waals surface area contributed by atoms with Crippen molar-refractivity contribution in [3.05, 3.63) is 17.5 Å². The summed E-state index contributed by atoms with van der Waals surface area (Å²) < 4.78 is 5.16. The van der Waals surface area contributed by atoms with Gasteiger partial charge >= 0.3 is 0 Å². The largest absolute Gasteiger partial charge is 0.359 e. The Morgan fingerprint density at radius 1 is 1.73 bits per heavy atom. The fourth-order valence-corrected chi connectivity index (χ4v) is 1.33. The lowest BCUT2D eigenvalue weighted by atomic mass is 9.87. The Morgan fingerprint density at radius 3 is 2.82 bits per heavy atom. The van der Waals surface area contributed by atoms with Crippen LogP contribution in [0.1, 0.15) is 24.8 Å². The highest BCUT2D eigenvalue weighted by Gasteiger charge is 2.36. The van der Waals surface area contributed by atoms with Gasteiger partial charge in [0.25, 0.3) is 0 Å². The van der Waals surface area contributed by atoms with Crippen molar-refractivity contribution < 1.29 is 4.52 Å². The molecule has 0 radical (unpaired) electrons. The lowest BCUT2D eigenvalue weighted by molar-refractivity contribution is 0.176. The number of hydrogen-bond acceptors (Lipinski definition) is 3. The summed E-state index contributed by atoms with van der Waals surface area (Å²) in [6.07, 6.45) is 1.14. The van der Waals surface area contributed by atoms with Crippen LogP contribution < -0.4 is 5.32 Å². The highest BCUT2D eigenvalue weighted by Crippen LogP contribution is 2.30. The van der Waals surface area contributed by atoms with Crippen molar-refractivity contribution >= 4 is 0 Å². The van der Waals surface area contributed by atoms with Gasteiger partial charge in [0, 0.05) is 6.07 Å². The molecule has 60 valence electrons. The van der Waals surface area contributed by atoms with Crippen molar-refractivity contribution in [3.8, 4) is 0 Å². The van der Waals surface area contributed by atoms with Gasteiger partial charge in [-0.3, -0.25) is 0 Å². The second kappa shape index (κ2) is 2.08. The third kappa shape index (κ3) is 0.959. The third-order valence-corrected chi connectivity index (χ3v) is 2.31. The molecule has 11 heavy (non-hydrogen) atoms. The minimum atomic E-state index is 0.0568. The van der Waals surface area contributed by atoms with Gasteiger partial charge in [-0.1, -0.05) is 5.16 Å². The van der Waals surface area contributed by atoms with E-state index in [-0.39, 0.29) is 5.54 Å². The first-order valence-electron chi connectivity index (χ1n) is 3.89. The van der Waals surface area contributed by atoms with E-state index in [1.165, 1.54) is 0 Å². The Bertz CT molecular complexity index is 263. The number of aromatic nitrogens is 1. The molecule has 0 amide bonds. The topological polar surface area (TPSA) is 38.1 Å². The molecule has 2 rings (SSSR count). The second-order valence-corrected chi connectivity index (χ2v) is 3.34. The molecule has 0 spiro atoms. The van der Waals surface area contributed by atoms with Crippen LogP contribution in [-0.4, -0.2) is 11.7 Å². The summed E-state index contributed by atoms with van der Waals surface area (Å²) in [4.78, 5) is 0. The molecular formula is C8H12N2O. The predicted octanol–water partition coefficient (Wildman–Crippen LogP) is 1.19. The minimum absolute atomic E-state index is 0.0568. The average Bonchev–Trinajstić information content (AvgIpc) is 2.31. The number of nitrogens with zero attached hydrogens (tertiary/aromatic N) is 1. The molecule has 0 aromatic carbocycles. The third-order valence-electron chi connectivity index (χ3n) is 2.31. The van der Waals surface area contributed by atoms with Crippen LogP contribution >= 0.6 is 0 Å². The summed E-state index contributed by atoms with van der Waals surface area (Å²) >= 11 is 0. The summed E-state index contributed by atoms with van der Waals surface area (Å²) in [5.41, 5.74) is 1.01. The lowest BCUT2D eigenvalue weighted by Gasteiger charge is -2.37. The highest BCUT2D eigenvalue weighted by molar-refractivity contribution is 5.16. The van der Waals surface area contributed by atoms with Gasteiger partial charge in [-0.2, -0.15) is 0 Å². The quantitative estimate of drug-likeness (QED) is 0.657. The van der Waals surface area contributed by atoms with E-state index < -0.39 is 0 Å². The number of nitrogens with one attached hydrogen (secondary N) is 1. The van der Waals surface area contributed by atoms with Crippen LogP contribution in [0.5, 0.6) is 0 Å². The van der Waals surface area contributed by atoms with Gasteiger partial charge in [-0.15, -0.1) is 0 Å². The molecule has 3 nitrogen and oxygen atoms in total. The molecule has 0 aliphatic carbocycles. The van der Waals surface area contributed by atoms with Crippen LogP contribution in [0.4, 0.5) is 0 Å². The van der Waals surface area contributed by atoms with E-state index in [1.54, 1.807) is 0 Å². The summed E-state index contributed by atoms with van der Waals surface area (Å²) in [7, 11) is 0. The molecule has 1 N–H and O–H groups in total. The molecule has 0 bridgehead atoms. The van der Waals surface area contributed by atoms with Crippen molar-refractivity contribution in [2.75, 3.05) is 6.54 Å². The van der Waals surface area contributed by atoms with Crippen molar-refractivity contribution in [2.45, 2.75) is 25.8 Å². The maximum Gasteiger partial charge on any atom is 0.156 e. The molecule has 1 aliphatic rings. The first kappa shape index (κ1) is 6.85. The molecule has 3 heteroatoms. The van der Waals surface area contributed by atoms with Crippen LogP contribution in [0.3, 0.4) is 0 Å². The van der Waals surface area contributed by atoms with Gasteiger partial charge in [0.05, 0.1) is 11.2 Å². The molecule has 1 aliphatic heterocycles. The van der Waals surface area contributed by atoms with E-state index in [2.05, 4.69) is 17.4 Å². The van der Waals surface area contributed by atoms with E-state index in [9.17, 15) is 0 Å². The summed E-state index contributed by atoms with van der Waals surface area (Å²) in [5, 5.41) is 7.17. The van der Waals surface area contributed by atoms with Crippen LogP contribution in [0.2, 0.25) is 0 Å². The standard InChI is InChI=1S/C8H12N2O/c1-6-5-7(11-10-6)8(2)3-4-9-8/h5,9H,3-4H2,1-2H3. The van der Waals surface area contributed by atoms with E-state index in [4.69, 9.17) is 4.52 Å². The zero-order valence-corrected chi connectivity index (χ0v) is 6.85. The average molecular weight is 152 g/mol. The minimum Gasteiger partial charge on any atom is -0.359 e. The zero-order chi connectivity index (χ0) is 7.90. The molecule has 1 aromatic rings. The maximum absolute atomic E-state index is 5.16. The lowest BCUT2D eigenvalue weighted by Crippen LogP contribution is -2.51. The molecule has 1 aromatic heterocycles. The van der Waals surface area contributed by atoms with Crippen LogP contribution in [0.25, 0.3) is 0 Å². The van der Waals surface area contributed by atoms with Crippen molar-refractivity contribution in [1.29, 1.82) is 0 Å². The van der Waals surface area contributed by atoms with Gasteiger partial charge < -0.3 is 9.84 Å². The van der Waals surface area contributed by atoms with Crippen LogP contribution in [-0.2, 0) is 5.54 Å². The van der Waals surface area contributed by atoms with E-state index in [0.717, 1.165) is 24.4 Å². The smallest absolute Gasteiger partial charge is 0.156 e. The van der Waals surface area contributed by atoms with Gasteiger partial charge in [0.1, 0.15) is 0 Å². The number of aryl methyl sites for hydroxylation is 1. The SMILES string of the molecule is Cc1cc(C2(C)CCN2)on1. The van der Waals surface area contributed by atoms with Crippen molar-refractivity contribution in [3.63, 3.8) is 0 Å². The van der Waals surface area contributed by atoms with Crippen molar-refractivity contribution in [2.24, 2.45) is 0 Å². The highest BCUT2D eigenvalue weighted by atomic mass is 16.5. The van der Waals surface area contributed by atoms with Crippen molar-refractivity contribution in [1.82, 2.24) is 10.5 Å². The van der Waals surface area contributed by atoms with Crippen LogP contribution in [0.15, 0.2) is 10.6 Å². The Balaban J connectivity index is 2.28. The summed E-state index contributed by atoms with van der Waals surface area (Å²) in [5.74, 6) is 0.959. The Kier molecular flexibility index (Phi) is 1.29. The van der Waals surface area contributed by atoms with E-state index in [0.29, 0.717) is 0 Å². The second-order valence-electron chi connectivity index (χ2n) is 3.34. The molecule has 1 unspecified atom stereocenters. The van der Waals surface area contributed by atoms with Crippen LogP contribution in [0, 0.1) is 6.92 Å². The Morgan fingerprint density at radius 2 is 2.45 bits per heavy atom. The number of hydrogen-bond donors (Lipinski definition) is 1. The molecule has 1 fully saturated rings. The fourth-order valence-electron chi connectivity index (χ4n) is 1.33. The maximum atomic E-state index is 5.16. The van der Waals surface area contributed by atoms with Gasteiger partial charge in [0.2, 0.25) is 0 Å². The molecule has 1 atom stereocenters. The Labute approximate surface area is 65.8 Å². The Hall–Kier alpha value is -0.830. The normalized spacial score (nSPS) is 30.0. The predicted molar refractivity (Wildman–Crippen MR) is 41.2 cm³/mol. The first-order valence-corrected chi connectivity index (χ1v) is 3.89. The summed E-state index contributed by atoms with van der Waals surface area (Å²) in [6.45, 7) is 5.15. The molecular weight excluding hydrogens is 140 g/mol. The first-order chi connectivity index (χ1) is 5.21. The van der Waals surface area contributed by atoms with E-state index >= 15 is 0 Å².